The summed E-state index contributed by atoms with van der Waals surface area (Å²) in [6.07, 6.45) is 0. The van der Waals surface area contributed by atoms with Crippen molar-refractivity contribution >= 4 is 11.8 Å². The van der Waals surface area contributed by atoms with Crippen LogP contribution >= 0.6 is 0 Å². The Hall–Kier alpha value is -2.03. The Morgan fingerprint density at radius 3 is 2.84 bits per heavy atom. The van der Waals surface area contributed by atoms with E-state index in [9.17, 15) is 14.0 Å². The Bertz CT molecular complexity index is 625. The summed E-state index contributed by atoms with van der Waals surface area (Å²) in [5.41, 5.74) is 6.41. The zero-order chi connectivity index (χ0) is 17.8. The number of methoxy groups -OCH3 is 1. The number of rotatable bonds is 6. The van der Waals surface area contributed by atoms with Crippen LogP contribution in [0.5, 0.6) is 0 Å². The largest absolute Gasteiger partial charge is 0.383 e. The van der Waals surface area contributed by atoms with Crippen molar-refractivity contribution in [3.63, 3.8) is 0 Å². The molecule has 25 heavy (non-hydrogen) atoms. The molecule has 0 aliphatic carbocycles. The minimum absolute atomic E-state index is 0.0801. The van der Waals surface area contributed by atoms with Gasteiger partial charge in [-0.3, -0.25) is 19.9 Å². The van der Waals surface area contributed by atoms with Crippen LogP contribution in [0.15, 0.2) is 24.3 Å². The number of amides is 2. The molecule has 3 N–H and O–H groups in total. The van der Waals surface area contributed by atoms with E-state index >= 15 is 0 Å². The van der Waals surface area contributed by atoms with Crippen molar-refractivity contribution in [1.82, 2.24) is 21.1 Å². The van der Waals surface area contributed by atoms with Crippen LogP contribution in [0, 0.1) is 17.7 Å². The Labute approximate surface area is 145 Å². The number of nitrogens with zero attached hydrogens (tertiary/aromatic N) is 1. The highest BCUT2D eigenvalue weighted by atomic mass is 19.1. The fourth-order valence-electron chi connectivity index (χ4n) is 3.40. The number of piperidine rings is 1. The van der Waals surface area contributed by atoms with Gasteiger partial charge in [-0.2, -0.15) is 0 Å². The summed E-state index contributed by atoms with van der Waals surface area (Å²) in [6.45, 7) is 2.72. The van der Waals surface area contributed by atoms with E-state index in [1.165, 1.54) is 12.1 Å². The number of benzene rings is 1. The zero-order valence-electron chi connectivity index (χ0n) is 14.1. The van der Waals surface area contributed by atoms with Gasteiger partial charge >= 0.3 is 0 Å². The molecule has 2 heterocycles. The highest BCUT2D eigenvalue weighted by Crippen LogP contribution is 2.25. The first-order valence-electron chi connectivity index (χ1n) is 8.37. The predicted octanol–water partition coefficient (Wildman–Crippen LogP) is -0.361. The lowest BCUT2D eigenvalue weighted by atomic mass is 9.84. The van der Waals surface area contributed by atoms with Crippen molar-refractivity contribution in [1.29, 1.82) is 0 Å². The minimum Gasteiger partial charge on any atom is -0.383 e. The second-order valence-corrected chi connectivity index (χ2v) is 6.47. The zero-order valence-corrected chi connectivity index (χ0v) is 14.1. The highest BCUT2D eigenvalue weighted by molar-refractivity contribution is 5.85. The summed E-state index contributed by atoms with van der Waals surface area (Å²) < 4.78 is 18.1. The number of hydrogen-bond acceptors (Lipinski definition) is 5. The molecule has 0 aromatic heterocycles. The van der Waals surface area contributed by atoms with Crippen LogP contribution in [0.3, 0.4) is 0 Å². The van der Waals surface area contributed by atoms with Crippen LogP contribution in [0.2, 0.25) is 0 Å². The minimum atomic E-state index is -0.352. The first-order chi connectivity index (χ1) is 12.1. The van der Waals surface area contributed by atoms with Crippen molar-refractivity contribution in [2.45, 2.75) is 12.6 Å². The maximum absolute atomic E-state index is 13.0. The van der Waals surface area contributed by atoms with E-state index in [4.69, 9.17) is 4.74 Å². The van der Waals surface area contributed by atoms with Gasteiger partial charge in [0.1, 0.15) is 5.82 Å². The van der Waals surface area contributed by atoms with E-state index in [-0.39, 0.29) is 35.5 Å². The molecule has 1 aromatic carbocycles. The molecule has 0 radical (unpaired) electrons. The third-order valence-electron chi connectivity index (χ3n) is 4.80. The summed E-state index contributed by atoms with van der Waals surface area (Å²) in [4.78, 5) is 26.8. The molecule has 1 aromatic rings. The highest BCUT2D eigenvalue weighted by Gasteiger charge is 2.47. The number of halogens is 1. The Morgan fingerprint density at radius 2 is 2.12 bits per heavy atom. The molecule has 8 heteroatoms. The lowest BCUT2D eigenvalue weighted by Gasteiger charge is -2.38. The van der Waals surface area contributed by atoms with Crippen molar-refractivity contribution in [2.75, 3.05) is 33.4 Å². The predicted molar refractivity (Wildman–Crippen MR) is 88.6 cm³/mol. The van der Waals surface area contributed by atoms with Gasteiger partial charge in [-0.25, -0.2) is 9.82 Å². The van der Waals surface area contributed by atoms with Crippen LogP contribution in [-0.2, 0) is 20.9 Å². The van der Waals surface area contributed by atoms with Gasteiger partial charge < -0.3 is 10.1 Å². The Balaban J connectivity index is 1.63. The molecule has 0 bridgehead atoms. The molecule has 2 fully saturated rings. The smallest absolute Gasteiger partial charge is 0.240 e. The molecule has 136 valence electrons. The second-order valence-electron chi connectivity index (χ2n) is 6.47. The number of hydrazine groups is 1. The molecule has 3 atom stereocenters. The fraction of sp³-hybridized carbons (Fsp3) is 0.529. The number of fused-ring (bicyclic) bond motifs is 1. The van der Waals surface area contributed by atoms with Gasteiger partial charge in [0.2, 0.25) is 11.8 Å². The SMILES string of the molecule is COCCN1CC(C(=O)NCc2ccc(F)cc2)C2NNC(=O)C2C1. The molecule has 2 aliphatic rings. The standard InChI is InChI=1S/C17H23FN4O3/c1-25-7-6-22-9-13(15-14(10-22)17(24)21-20-15)16(23)19-8-11-2-4-12(18)5-3-11/h2-5,13-15,20H,6-10H2,1H3,(H,19,23)(H,21,24). The van der Waals surface area contributed by atoms with Crippen molar-refractivity contribution in [2.24, 2.45) is 11.8 Å². The van der Waals surface area contributed by atoms with Crippen LogP contribution in [0.25, 0.3) is 0 Å². The Kier molecular flexibility index (Phi) is 5.62. The first kappa shape index (κ1) is 17.8. The van der Waals surface area contributed by atoms with Gasteiger partial charge in [0.25, 0.3) is 0 Å². The van der Waals surface area contributed by atoms with Gasteiger partial charge in [0, 0.05) is 33.3 Å². The lowest BCUT2D eigenvalue weighted by molar-refractivity contribution is -0.130. The average molecular weight is 350 g/mol. The maximum atomic E-state index is 13.0. The van der Waals surface area contributed by atoms with Crippen LogP contribution in [0.1, 0.15) is 5.56 Å². The molecule has 2 saturated heterocycles. The first-order valence-corrected chi connectivity index (χ1v) is 8.37. The molecule has 2 aliphatic heterocycles. The number of nitrogens with one attached hydrogen (secondary N) is 3. The number of carbonyl (C=O) groups excluding carboxylic acids is 2. The number of ether oxygens (including phenoxy) is 1. The van der Waals surface area contributed by atoms with Crippen LogP contribution in [0.4, 0.5) is 4.39 Å². The van der Waals surface area contributed by atoms with Crippen molar-refractivity contribution in [3.8, 4) is 0 Å². The topological polar surface area (TPSA) is 82.7 Å². The quantitative estimate of drug-likeness (QED) is 0.653. The maximum Gasteiger partial charge on any atom is 0.240 e. The van der Waals surface area contributed by atoms with Gasteiger partial charge in [0.15, 0.2) is 0 Å². The monoisotopic (exact) mass is 350 g/mol. The van der Waals surface area contributed by atoms with Crippen molar-refractivity contribution in [3.05, 3.63) is 35.6 Å². The van der Waals surface area contributed by atoms with E-state index in [2.05, 4.69) is 21.1 Å². The van der Waals surface area contributed by atoms with Gasteiger partial charge in [-0.15, -0.1) is 0 Å². The molecular weight excluding hydrogens is 327 g/mol. The van der Waals surface area contributed by atoms with E-state index < -0.39 is 0 Å². The lowest BCUT2D eigenvalue weighted by Crippen LogP contribution is -2.57. The van der Waals surface area contributed by atoms with Gasteiger partial charge in [-0.05, 0) is 17.7 Å². The normalized spacial score (nSPS) is 26.2. The fourth-order valence-corrected chi connectivity index (χ4v) is 3.40. The summed E-state index contributed by atoms with van der Waals surface area (Å²) in [7, 11) is 1.63. The van der Waals surface area contributed by atoms with Crippen molar-refractivity contribution < 1.29 is 18.7 Å². The summed E-state index contributed by atoms with van der Waals surface area (Å²) in [5.74, 6) is -1.12. The molecular formula is C17H23FN4O3. The second kappa shape index (κ2) is 7.90. The number of carbonyl (C=O) groups is 2. The van der Waals surface area contributed by atoms with E-state index in [1.807, 2.05) is 0 Å². The summed E-state index contributed by atoms with van der Waals surface area (Å²) >= 11 is 0. The molecule has 2 amide bonds. The summed E-state index contributed by atoms with van der Waals surface area (Å²) in [5, 5.41) is 2.89. The van der Waals surface area contributed by atoms with E-state index in [1.54, 1.807) is 19.2 Å². The molecule has 0 saturated carbocycles. The van der Waals surface area contributed by atoms with Crippen LogP contribution in [-0.4, -0.2) is 56.1 Å². The average Bonchev–Trinajstić information content (AvgIpc) is 2.99. The van der Waals surface area contributed by atoms with Crippen LogP contribution < -0.4 is 16.2 Å². The third-order valence-corrected chi connectivity index (χ3v) is 4.80. The van der Waals surface area contributed by atoms with Gasteiger partial charge in [-0.1, -0.05) is 12.1 Å². The molecule has 0 spiro atoms. The molecule has 3 unspecified atom stereocenters. The van der Waals surface area contributed by atoms with Gasteiger partial charge in [0.05, 0.1) is 24.5 Å². The number of hydrogen-bond donors (Lipinski definition) is 3. The number of likely N-dealkylation sites (tertiary alicyclic amines) is 1. The summed E-state index contributed by atoms with van der Waals surface area (Å²) in [6, 6.07) is 5.79. The molecule has 7 nitrogen and oxygen atoms in total. The van der Waals surface area contributed by atoms with E-state index in [0.29, 0.717) is 32.8 Å². The van der Waals surface area contributed by atoms with E-state index in [0.717, 1.165) is 5.56 Å². The Morgan fingerprint density at radius 1 is 1.36 bits per heavy atom. The molecule has 3 rings (SSSR count). The third kappa shape index (κ3) is 4.15.